The van der Waals surface area contributed by atoms with Crippen LogP contribution in [0.25, 0.3) is 11.4 Å². The lowest BCUT2D eigenvalue weighted by Gasteiger charge is -2.09. The zero-order valence-corrected chi connectivity index (χ0v) is 10.6. The Morgan fingerprint density at radius 2 is 1.53 bits per heavy atom. The monoisotopic (exact) mass is 228 g/mol. The summed E-state index contributed by atoms with van der Waals surface area (Å²) in [5.41, 5.74) is 5.08. The second-order valence-electron chi connectivity index (χ2n) is 4.34. The van der Waals surface area contributed by atoms with Crippen molar-refractivity contribution in [3.63, 3.8) is 0 Å². The van der Waals surface area contributed by atoms with Gasteiger partial charge in [0.05, 0.1) is 0 Å². The number of aryl methyl sites for hydroxylation is 3. The molecule has 1 aromatic heterocycles. The van der Waals surface area contributed by atoms with Crippen molar-refractivity contribution >= 4 is 0 Å². The number of benzene rings is 1. The minimum atomic E-state index is 0.270. The average molecular weight is 228 g/mol. The van der Waals surface area contributed by atoms with Crippen LogP contribution in [-0.2, 0) is 0 Å². The van der Waals surface area contributed by atoms with Crippen LogP contribution < -0.4 is 0 Å². The fourth-order valence-corrected chi connectivity index (χ4v) is 1.79. The molecule has 1 aromatic carbocycles. The van der Waals surface area contributed by atoms with Gasteiger partial charge in [0.15, 0.2) is 5.82 Å². The molecule has 1 N–H and O–H groups in total. The highest BCUT2D eigenvalue weighted by Crippen LogP contribution is 2.24. The summed E-state index contributed by atoms with van der Waals surface area (Å²) in [6.45, 7) is 7.95. The molecule has 0 spiro atoms. The Hall–Kier alpha value is -1.90. The first-order chi connectivity index (χ1) is 7.99. The molecule has 88 valence electrons. The highest BCUT2D eigenvalue weighted by molar-refractivity contribution is 5.61. The predicted molar refractivity (Wildman–Crippen MR) is 68.1 cm³/mol. The summed E-state index contributed by atoms with van der Waals surface area (Å²) in [5.74, 6) is 0.995. The van der Waals surface area contributed by atoms with Gasteiger partial charge in [-0.2, -0.15) is 0 Å². The summed E-state index contributed by atoms with van der Waals surface area (Å²) in [7, 11) is 0. The first kappa shape index (κ1) is 11.6. The number of hydrogen-bond acceptors (Lipinski definition) is 3. The Kier molecular flexibility index (Phi) is 2.84. The smallest absolute Gasteiger partial charge is 0.159 e. The van der Waals surface area contributed by atoms with Crippen LogP contribution in [0.3, 0.4) is 0 Å². The lowest BCUT2D eigenvalue weighted by Crippen LogP contribution is -1.99. The van der Waals surface area contributed by atoms with E-state index in [-0.39, 0.29) is 5.75 Å². The third-order valence-electron chi connectivity index (χ3n) is 3.08. The molecule has 0 unspecified atom stereocenters. The highest BCUT2D eigenvalue weighted by atomic mass is 16.3. The third-order valence-corrected chi connectivity index (χ3v) is 3.08. The molecule has 0 aliphatic carbocycles. The number of hydrogen-bond donors (Lipinski definition) is 1. The van der Waals surface area contributed by atoms with Crippen LogP contribution in [0.1, 0.15) is 22.5 Å². The molecule has 3 heteroatoms. The molecule has 0 saturated heterocycles. The minimum absolute atomic E-state index is 0.270. The van der Waals surface area contributed by atoms with E-state index in [1.807, 2.05) is 33.8 Å². The van der Waals surface area contributed by atoms with Crippen LogP contribution in [0.15, 0.2) is 18.2 Å². The van der Waals surface area contributed by atoms with E-state index < -0.39 is 0 Å². The fourth-order valence-electron chi connectivity index (χ4n) is 1.79. The summed E-state index contributed by atoms with van der Waals surface area (Å²) in [6, 6.07) is 5.24. The van der Waals surface area contributed by atoms with Crippen LogP contribution in [0.5, 0.6) is 5.75 Å². The molecular weight excluding hydrogens is 212 g/mol. The van der Waals surface area contributed by atoms with E-state index in [1.165, 1.54) is 0 Å². The molecule has 0 atom stereocenters. The maximum Gasteiger partial charge on any atom is 0.159 e. The predicted octanol–water partition coefficient (Wildman–Crippen LogP) is 3.08. The van der Waals surface area contributed by atoms with Crippen LogP contribution >= 0.6 is 0 Å². The molecule has 0 aliphatic rings. The largest absolute Gasteiger partial charge is 0.508 e. The number of nitrogens with zero attached hydrogens (tertiary/aromatic N) is 2. The fraction of sp³-hybridized carbons (Fsp3) is 0.286. The van der Waals surface area contributed by atoms with Gasteiger partial charge in [0.25, 0.3) is 0 Å². The maximum atomic E-state index is 9.40. The molecule has 17 heavy (non-hydrogen) atoms. The van der Waals surface area contributed by atoms with Gasteiger partial charge in [-0.15, -0.1) is 0 Å². The van der Waals surface area contributed by atoms with Crippen LogP contribution in [0.2, 0.25) is 0 Å². The van der Waals surface area contributed by atoms with Gasteiger partial charge in [-0.3, -0.25) is 0 Å². The third kappa shape index (κ3) is 2.13. The van der Waals surface area contributed by atoms with Crippen molar-refractivity contribution in [2.24, 2.45) is 0 Å². The van der Waals surface area contributed by atoms with Crippen molar-refractivity contribution in [3.8, 4) is 17.1 Å². The lowest BCUT2D eigenvalue weighted by atomic mass is 10.1. The van der Waals surface area contributed by atoms with E-state index in [2.05, 4.69) is 9.97 Å². The number of aromatic nitrogens is 2. The first-order valence-electron chi connectivity index (χ1n) is 5.61. The molecular formula is C14H16N2O. The van der Waals surface area contributed by atoms with Gasteiger partial charge in [-0.25, -0.2) is 9.97 Å². The normalized spacial score (nSPS) is 10.6. The van der Waals surface area contributed by atoms with E-state index in [4.69, 9.17) is 0 Å². The zero-order chi connectivity index (χ0) is 12.6. The molecule has 0 aliphatic heterocycles. The van der Waals surface area contributed by atoms with Gasteiger partial charge in [0.1, 0.15) is 5.75 Å². The molecule has 3 nitrogen and oxygen atoms in total. The average Bonchev–Trinajstić information content (AvgIpc) is 2.25. The second kappa shape index (κ2) is 4.17. The van der Waals surface area contributed by atoms with Crippen molar-refractivity contribution in [2.75, 3.05) is 0 Å². The molecule has 2 rings (SSSR count). The van der Waals surface area contributed by atoms with E-state index in [0.29, 0.717) is 0 Å². The summed E-state index contributed by atoms with van der Waals surface area (Å²) in [4.78, 5) is 9.00. The Morgan fingerprint density at radius 3 is 2.06 bits per heavy atom. The quantitative estimate of drug-likeness (QED) is 0.815. The van der Waals surface area contributed by atoms with Crippen molar-refractivity contribution in [3.05, 3.63) is 40.7 Å². The van der Waals surface area contributed by atoms with E-state index >= 15 is 0 Å². The maximum absolute atomic E-state index is 9.40. The summed E-state index contributed by atoms with van der Waals surface area (Å²) < 4.78 is 0. The number of rotatable bonds is 1. The Morgan fingerprint density at radius 1 is 0.941 bits per heavy atom. The summed E-state index contributed by atoms with van der Waals surface area (Å²) >= 11 is 0. The zero-order valence-electron chi connectivity index (χ0n) is 10.6. The SMILES string of the molecule is Cc1cc(O)ccc1-c1nc(C)c(C)c(C)n1. The molecule has 1 heterocycles. The number of phenols is 1. The molecule has 0 fully saturated rings. The van der Waals surface area contributed by atoms with Crippen molar-refractivity contribution in [1.29, 1.82) is 0 Å². The van der Waals surface area contributed by atoms with Crippen LogP contribution in [0, 0.1) is 27.7 Å². The van der Waals surface area contributed by atoms with Gasteiger partial charge in [0.2, 0.25) is 0 Å². The Labute approximate surface area is 101 Å². The van der Waals surface area contributed by atoms with Crippen LogP contribution in [-0.4, -0.2) is 15.1 Å². The Bertz CT molecular complexity index is 553. The van der Waals surface area contributed by atoms with Gasteiger partial charge < -0.3 is 5.11 Å². The highest BCUT2D eigenvalue weighted by Gasteiger charge is 2.09. The number of aromatic hydroxyl groups is 1. The molecule has 0 saturated carbocycles. The van der Waals surface area contributed by atoms with Gasteiger partial charge >= 0.3 is 0 Å². The van der Waals surface area contributed by atoms with Gasteiger partial charge in [-0.1, -0.05) is 0 Å². The van der Waals surface area contributed by atoms with E-state index in [9.17, 15) is 5.11 Å². The molecule has 0 radical (unpaired) electrons. The molecule has 0 amide bonds. The summed E-state index contributed by atoms with van der Waals surface area (Å²) in [5, 5.41) is 9.40. The molecule has 2 aromatic rings. The second-order valence-corrected chi connectivity index (χ2v) is 4.34. The van der Waals surface area contributed by atoms with Gasteiger partial charge in [0, 0.05) is 17.0 Å². The topological polar surface area (TPSA) is 46.0 Å². The Balaban J connectivity index is 2.61. The van der Waals surface area contributed by atoms with E-state index in [0.717, 1.165) is 33.9 Å². The van der Waals surface area contributed by atoms with Crippen molar-refractivity contribution < 1.29 is 5.11 Å². The van der Waals surface area contributed by atoms with Crippen LogP contribution in [0.4, 0.5) is 0 Å². The number of phenolic OH excluding ortho intramolecular Hbond substituents is 1. The lowest BCUT2D eigenvalue weighted by molar-refractivity contribution is 0.475. The van der Waals surface area contributed by atoms with Crippen molar-refractivity contribution in [2.45, 2.75) is 27.7 Å². The van der Waals surface area contributed by atoms with E-state index in [1.54, 1.807) is 12.1 Å². The molecule has 0 bridgehead atoms. The standard InChI is InChI=1S/C14H16N2O/c1-8-7-12(17)5-6-13(8)14-15-10(3)9(2)11(4)16-14/h5-7,17H,1-4H3. The van der Waals surface area contributed by atoms with Gasteiger partial charge in [-0.05, 0) is 57.0 Å². The first-order valence-corrected chi connectivity index (χ1v) is 5.61. The minimum Gasteiger partial charge on any atom is -0.508 e. The van der Waals surface area contributed by atoms with Crippen molar-refractivity contribution in [1.82, 2.24) is 9.97 Å². The summed E-state index contributed by atoms with van der Waals surface area (Å²) in [6.07, 6.45) is 0.